The van der Waals surface area contributed by atoms with Gasteiger partial charge in [-0.05, 0) is 61.8 Å². The summed E-state index contributed by atoms with van der Waals surface area (Å²) in [5.41, 5.74) is 2.15. The van der Waals surface area contributed by atoms with Crippen LogP contribution in [-0.2, 0) is 10.2 Å². The molecule has 0 saturated carbocycles. The number of phenols is 1. The second kappa shape index (κ2) is 10.8. The first-order chi connectivity index (χ1) is 16.0. The molecular formula is C29H44O5. The van der Waals surface area contributed by atoms with E-state index in [0.717, 1.165) is 35.3 Å². The molecule has 5 nitrogen and oxygen atoms in total. The van der Waals surface area contributed by atoms with Gasteiger partial charge in [0.1, 0.15) is 17.1 Å². The smallest absolute Gasteiger partial charge is 0.159 e. The Hall–Kier alpha value is -1.85. The molecule has 0 spiro atoms. The van der Waals surface area contributed by atoms with Crippen molar-refractivity contribution in [3.05, 3.63) is 34.9 Å². The first-order valence-corrected chi connectivity index (χ1v) is 13.0. The Labute approximate surface area is 205 Å². The first-order valence-electron chi connectivity index (χ1n) is 13.0. The highest BCUT2D eigenvalue weighted by atomic mass is 16.5. The molecule has 1 heterocycles. The Balaban J connectivity index is 1.89. The average molecular weight is 473 g/mol. The van der Waals surface area contributed by atoms with Crippen molar-refractivity contribution in [3.8, 4) is 11.5 Å². The van der Waals surface area contributed by atoms with Gasteiger partial charge < -0.3 is 20.1 Å². The zero-order chi connectivity index (χ0) is 25.1. The molecule has 0 amide bonds. The molecule has 1 aliphatic heterocycles. The molecule has 0 radical (unpaired) electrons. The summed E-state index contributed by atoms with van der Waals surface area (Å²) in [5.74, 6) is 0.687. The number of aliphatic hydroxyl groups is 2. The van der Waals surface area contributed by atoms with Crippen LogP contribution in [0.4, 0.5) is 0 Å². The number of fused-ring (bicyclic) bond motifs is 3. The number of unbranched alkanes of at least 4 members (excludes halogenated alkanes) is 3. The Kier molecular flexibility index (Phi) is 8.51. The molecule has 0 fully saturated rings. The van der Waals surface area contributed by atoms with Gasteiger partial charge in [0.25, 0.3) is 0 Å². The van der Waals surface area contributed by atoms with Crippen molar-refractivity contribution in [2.45, 2.75) is 103 Å². The third-order valence-electron chi connectivity index (χ3n) is 8.09. The summed E-state index contributed by atoms with van der Waals surface area (Å²) in [6, 6.07) is 4.02. The molecule has 0 bridgehead atoms. The number of allylic oxidation sites excluding steroid dienone is 2. The lowest BCUT2D eigenvalue weighted by Crippen LogP contribution is -2.46. The molecule has 2 atom stereocenters. The van der Waals surface area contributed by atoms with Gasteiger partial charge in [-0.1, -0.05) is 52.5 Å². The monoisotopic (exact) mass is 472 g/mol. The number of aliphatic hydroxyl groups excluding tert-OH is 2. The Morgan fingerprint density at radius 1 is 1.18 bits per heavy atom. The number of benzene rings is 1. The standard InChI is InChI=1S/C29H44O5/c1-6-7-8-9-12-28(2,3)21-15-25(33)27-22-14-20(24(32)13-19(17-30)18-31)10-11-23(22)29(4,5)34-26(27)16-21/h10,15-16,19,22-23,30-31,33H,6-9,11-14,17-18H2,1-5H3/t22-,23-/m1/s1. The number of phenolic OH excluding ortho intramolecular Hbond substituents is 1. The molecule has 0 saturated heterocycles. The molecule has 0 unspecified atom stereocenters. The normalized spacial score (nSPS) is 21.5. The summed E-state index contributed by atoms with van der Waals surface area (Å²) in [6.45, 7) is 10.5. The summed E-state index contributed by atoms with van der Waals surface area (Å²) in [7, 11) is 0. The number of carbonyl (C=O) groups excluding carboxylic acids is 1. The number of aromatic hydroxyl groups is 1. The SMILES string of the molecule is CCCCCCC(C)(C)c1cc(O)c2c(c1)OC(C)(C)[C@@H]1CC=C(C(=O)CC(CO)CO)C[C@@H]21. The van der Waals surface area contributed by atoms with Crippen LogP contribution in [0.15, 0.2) is 23.8 Å². The maximum Gasteiger partial charge on any atom is 0.159 e. The van der Waals surface area contributed by atoms with Crippen molar-refractivity contribution in [1.82, 2.24) is 0 Å². The van der Waals surface area contributed by atoms with Crippen LogP contribution in [-0.4, -0.2) is 39.9 Å². The van der Waals surface area contributed by atoms with Crippen molar-refractivity contribution in [2.24, 2.45) is 11.8 Å². The molecule has 190 valence electrons. The number of ether oxygens (including phenoxy) is 1. The highest BCUT2D eigenvalue weighted by Crippen LogP contribution is 2.55. The van der Waals surface area contributed by atoms with E-state index in [4.69, 9.17) is 4.74 Å². The Bertz CT molecular complexity index is 894. The van der Waals surface area contributed by atoms with Crippen LogP contribution >= 0.6 is 0 Å². The van der Waals surface area contributed by atoms with Crippen LogP contribution in [0.5, 0.6) is 11.5 Å². The number of carbonyl (C=O) groups is 1. The molecule has 3 rings (SSSR count). The molecule has 0 aromatic heterocycles. The lowest BCUT2D eigenvalue weighted by atomic mass is 9.66. The molecule has 5 heteroatoms. The second-order valence-electron chi connectivity index (χ2n) is 11.5. The summed E-state index contributed by atoms with van der Waals surface area (Å²) in [4.78, 5) is 12.9. The molecule has 1 aromatic rings. The summed E-state index contributed by atoms with van der Waals surface area (Å²) in [6.07, 6.45) is 9.28. The summed E-state index contributed by atoms with van der Waals surface area (Å²) < 4.78 is 6.50. The van der Waals surface area contributed by atoms with Gasteiger partial charge in [0, 0.05) is 43.0 Å². The quantitative estimate of drug-likeness (QED) is 0.355. The van der Waals surface area contributed by atoms with Gasteiger partial charge in [0.2, 0.25) is 0 Å². The largest absolute Gasteiger partial charge is 0.508 e. The Morgan fingerprint density at radius 3 is 2.53 bits per heavy atom. The molecule has 1 aromatic carbocycles. The van der Waals surface area contributed by atoms with Crippen molar-refractivity contribution < 1.29 is 24.9 Å². The number of ketones is 1. The van der Waals surface area contributed by atoms with E-state index in [1.807, 2.05) is 12.1 Å². The fraction of sp³-hybridized carbons (Fsp3) is 0.690. The van der Waals surface area contributed by atoms with Gasteiger partial charge in [-0.25, -0.2) is 0 Å². The van der Waals surface area contributed by atoms with E-state index in [0.29, 0.717) is 12.8 Å². The predicted molar refractivity (Wildman–Crippen MR) is 135 cm³/mol. The molecular weight excluding hydrogens is 428 g/mol. The minimum atomic E-state index is -0.431. The summed E-state index contributed by atoms with van der Waals surface area (Å²) in [5, 5.41) is 30.0. The van der Waals surface area contributed by atoms with Crippen LogP contribution in [0.25, 0.3) is 0 Å². The topological polar surface area (TPSA) is 87.0 Å². The predicted octanol–water partition coefficient (Wildman–Crippen LogP) is 5.79. The fourth-order valence-electron chi connectivity index (χ4n) is 5.73. The maximum absolute atomic E-state index is 12.9. The molecule has 34 heavy (non-hydrogen) atoms. The van der Waals surface area contributed by atoms with Gasteiger partial charge in [-0.15, -0.1) is 0 Å². The van der Waals surface area contributed by atoms with Crippen molar-refractivity contribution >= 4 is 5.78 Å². The van der Waals surface area contributed by atoms with Gasteiger partial charge in [-0.2, -0.15) is 0 Å². The molecule has 2 aliphatic rings. The summed E-state index contributed by atoms with van der Waals surface area (Å²) >= 11 is 0. The zero-order valence-electron chi connectivity index (χ0n) is 21.7. The van der Waals surface area contributed by atoms with E-state index in [2.05, 4.69) is 40.7 Å². The zero-order valence-corrected chi connectivity index (χ0v) is 21.7. The number of hydrogen-bond acceptors (Lipinski definition) is 5. The van der Waals surface area contributed by atoms with Gasteiger partial charge in [-0.3, -0.25) is 4.79 Å². The third kappa shape index (κ3) is 5.68. The van der Waals surface area contributed by atoms with Gasteiger partial charge in [0.15, 0.2) is 5.78 Å². The van der Waals surface area contributed by atoms with Gasteiger partial charge in [0.05, 0.1) is 0 Å². The minimum Gasteiger partial charge on any atom is -0.508 e. The maximum atomic E-state index is 12.9. The van der Waals surface area contributed by atoms with Crippen LogP contribution in [0, 0.1) is 11.8 Å². The Morgan fingerprint density at radius 2 is 1.88 bits per heavy atom. The third-order valence-corrected chi connectivity index (χ3v) is 8.09. The van der Waals surface area contributed by atoms with E-state index in [1.54, 1.807) is 0 Å². The van der Waals surface area contributed by atoms with Crippen molar-refractivity contribution in [1.29, 1.82) is 0 Å². The highest BCUT2D eigenvalue weighted by Gasteiger charge is 2.47. The van der Waals surface area contributed by atoms with Crippen LogP contribution in [0.3, 0.4) is 0 Å². The van der Waals surface area contributed by atoms with Crippen LogP contribution in [0.1, 0.15) is 103 Å². The molecule has 3 N–H and O–H groups in total. The lowest BCUT2D eigenvalue weighted by Gasteiger charge is -2.47. The number of rotatable bonds is 11. The van der Waals surface area contributed by atoms with Crippen LogP contribution < -0.4 is 4.74 Å². The van der Waals surface area contributed by atoms with Crippen molar-refractivity contribution in [2.75, 3.05) is 13.2 Å². The second-order valence-corrected chi connectivity index (χ2v) is 11.5. The minimum absolute atomic E-state index is 0.00822. The van der Waals surface area contributed by atoms with E-state index < -0.39 is 11.5 Å². The van der Waals surface area contributed by atoms with Crippen molar-refractivity contribution in [3.63, 3.8) is 0 Å². The number of Topliss-reactive ketones (excluding diaryl/α,β-unsaturated/α-hetero) is 1. The first kappa shape index (κ1) is 26.7. The fourth-order valence-corrected chi connectivity index (χ4v) is 5.73. The lowest BCUT2D eigenvalue weighted by molar-refractivity contribution is -0.117. The highest BCUT2D eigenvalue weighted by molar-refractivity contribution is 5.95. The van der Waals surface area contributed by atoms with E-state index in [9.17, 15) is 20.1 Å². The molecule has 1 aliphatic carbocycles. The average Bonchev–Trinajstić information content (AvgIpc) is 2.79. The number of hydrogen-bond donors (Lipinski definition) is 3. The van der Waals surface area contributed by atoms with E-state index in [1.165, 1.54) is 19.3 Å². The van der Waals surface area contributed by atoms with Gasteiger partial charge >= 0.3 is 0 Å². The van der Waals surface area contributed by atoms with Crippen LogP contribution in [0.2, 0.25) is 0 Å². The van der Waals surface area contributed by atoms with E-state index >= 15 is 0 Å². The van der Waals surface area contributed by atoms with E-state index in [-0.39, 0.29) is 48.4 Å².